The summed E-state index contributed by atoms with van der Waals surface area (Å²) in [5.74, 6) is 0.411. The van der Waals surface area contributed by atoms with Gasteiger partial charge in [-0.25, -0.2) is 0 Å². The average molecular weight is 321 g/mol. The molecule has 1 atom stereocenters. The summed E-state index contributed by atoms with van der Waals surface area (Å²) in [5, 5.41) is 3.38. The highest BCUT2D eigenvalue weighted by Gasteiger charge is 2.28. The number of rotatable bonds is 10. The van der Waals surface area contributed by atoms with Crippen LogP contribution in [0.1, 0.15) is 40.0 Å². The van der Waals surface area contributed by atoms with E-state index in [0.29, 0.717) is 32.2 Å². The van der Waals surface area contributed by atoms with Gasteiger partial charge < -0.3 is 10.1 Å². The number of nitrogens with zero attached hydrogens (tertiary/aromatic N) is 1. The Labute approximate surface area is 129 Å². The first kappa shape index (κ1) is 18.8. The summed E-state index contributed by atoms with van der Waals surface area (Å²) in [4.78, 5) is 0. The van der Waals surface area contributed by atoms with Crippen LogP contribution < -0.4 is 10.0 Å². The van der Waals surface area contributed by atoms with Crippen molar-refractivity contribution >= 4 is 10.2 Å². The Morgan fingerprint density at radius 1 is 1.33 bits per heavy atom. The Balaban J connectivity index is 2.35. The average Bonchev–Trinajstić information content (AvgIpc) is 2.44. The summed E-state index contributed by atoms with van der Waals surface area (Å²) in [6.45, 7) is 9.86. The maximum absolute atomic E-state index is 12.2. The zero-order valence-electron chi connectivity index (χ0n) is 13.6. The SMILES string of the molecule is CCCNCC1CCCN(S(=O)(=O)NCCOC(C)C)C1. The van der Waals surface area contributed by atoms with E-state index in [9.17, 15) is 8.42 Å². The molecule has 1 rings (SSSR count). The zero-order chi connectivity index (χ0) is 15.7. The quantitative estimate of drug-likeness (QED) is 0.588. The van der Waals surface area contributed by atoms with E-state index in [1.807, 2.05) is 13.8 Å². The van der Waals surface area contributed by atoms with Gasteiger partial charge in [0, 0.05) is 19.6 Å². The molecule has 0 aromatic rings. The second-order valence-corrected chi connectivity index (χ2v) is 7.64. The lowest BCUT2D eigenvalue weighted by Gasteiger charge is -2.32. The second-order valence-electron chi connectivity index (χ2n) is 5.89. The molecular formula is C14H31N3O3S. The predicted octanol–water partition coefficient (Wildman–Crippen LogP) is 0.957. The highest BCUT2D eigenvalue weighted by atomic mass is 32.2. The van der Waals surface area contributed by atoms with E-state index in [2.05, 4.69) is 17.0 Å². The monoisotopic (exact) mass is 321 g/mol. The summed E-state index contributed by atoms with van der Waals surface area (Å²) in [7, 11) is -3.37. The molecule has 1 heterocycles. The van der Waals surface area contributed by atoms with Crippen LogP contribution in [0.4, 0.5) is 0 Å². The van der Waals surface area contributed by atoms with Crippen molar-refractivity contribution in [1.82, 2.24) is 14.3 Å². The van der Waals surface area contributed by atoms with Crippen molar-refractivity contribution in [2.75, 3.05) is 39.3 Å². The standard InChI is InChI=1S/C14H31N3O3S/c1-4-7-15-11-14-6-5-9-17(12-14)21(18,19)16-8-10-20-13(2)3/h13-16H,4-12H2,1-3H3. The first-order valence-corrected chi connectivity index (χ1v) is 9.46. The number of hydrogen-bond acceptors (Lipinski definition) is 4. The number of ether oxygens (including phenoxy) is 1. The second kappa shape index (κ2) is 9.74. The molecule has 0 spiro atoms. The summed E-state index contributed by atoms with van der Waals surface area (Å²) < 4.78 is 34.0. The highest BCUT2D eigenvalue weighted by Crippen LogP contribution is 2.17. The molecule has 1 aliphatic heterocycles. The van der Waals surface area contributed by atoms with E-state index >= 15 is 0 Å². The van der Waals surface area contributed by atoms with Gasteiger partial charge in [0.1, 0.15) is 0 Å². The maximum Gasteiger partial charge on any atom is 0.279 e. The molecule has 7 heteroatoms. The Morgan fingerprint density at radius 3 is 2.76 bits per heavy atom. The fourth-order valence-corrected chi connectivity index (χ4v) is 3.75. The van der Waals surface area contributed by atoms with E-state index < -0.39 is 10.2 Å². The van der Waals surface area contributed by atoms with Crippen LogP contribution in [0.25, 0.3) is 0 Å². The van der Waals surface area contributed by atoms with Gasteiger partial charge in [-0.05, 0) is 52.1 Å². The normalized spacial score (nSPS) is 21.0. The van der Waals surface area contributed by atoms with Crippen LogP contribution in [0.5, 0.6) is 0 Å². The van der Waals surface area contributed by atoms with Crippen LogP contribution in [-0.2, 0) is 14.9 Å². The molecule has 0 radical (unpaired) electrons. The maximum atomic E-state index is 12.2. The molecule has 2 N–H and O–H groups in total. The first-order valence-electron chi connectivity index (χ1n) is 8.02. The molecule has 6 nitrogen and oxygen atoms in total. The van der Waals surface area contributed by atoms with Crippen molar-refractivity contribution in [1.29, 1.82) is 0 Å². The largest absolute Gasteiger partial charge is 0.377 e. The minimum absolute atomic E-state index is 0.124. The fraction of sp³-hybridized carbons (Fsp3) is 1.00. The lowest BCUT2D eigenvalue weighted by molar-refractivity contribution is 0.0830. The molecule has 0 aliphatic carbocycles. The number of piperidine rings is 1. The Morgan fingerprint density at radius 2 is 2.10 bits per heavy atom. The van der Waals surface area contributed by atoms with Gasteiger partial charge in [-0.15, -0.1) is 0 Å². The summed E-state index contributed by atoms with van der Waals surface area (Å²) >= 11 is 0. The van der Waals surface area contributed by atoms with Crippen molar-refractivity contribution < 1.29 is 13.2 Å². The highest BCUT2D eigenvalue weighted by molar-refractivity contribution is 7.87. The first-order chi connectivity index (χ1) is 9.95. The fourth-order valence-electron chi connectivity index (χ4n) is 2.45. The third-order valence-electron chi connectivity index (χ3n) is 3.52. The van der Waals surface area contributed by atoms with Crippen LogP contribution in [0.15, 0.2) is 0 Å². The topological polar surface area (TPSA) is 70.7 Å². The lowest BCUT2D eigenvalue weighted by atomic mass is 10.00. The third-order valence-corrected chi connectivity index (χ3v) is 5.10. The van der Waals surface area contributed by atoms with Gasteiger partial charge in [0.2, 0.25) is 0 Å². The van der Waals surface area contributed by atoms with Gasteiger partial charge in [-0.1, -0.05) is 6.92 Å². The molecule has 1 fully saturated rings. The molecule has 0 saturated carbocycles. The molecule has 126 valence electrons. The van der Waals surface area contributed by atoms with E-state index in [0.717, 1.165) is 32.4 Å². The summed E-state index contributed by atoms with van der Waals surface area (Å²) in [5.41, 5.74) is 0. The van der Waals surface area contributed by atoms with Crippen LogP contribution in [0, 0.1) is 5.92 Å². The smallest absolute Gasteiger partial charge is 0.279 e. The van der Waals surface area contributed by atoms with Crippen molar-refractivity contribution in [3.05, 3.63) is 0 Å². The molecule has 1 aliphatic rings. The molecule has 0 amide bonds. The molecule has 1 saturated heterocycles. The summed E-state index contributed by atoms with van der Waals surface area (Å²) in [6.07, 6.45) is 3.26. The van der Waals surface area contributed by atoms with Crippen molar-refractivity contribution in [2.45, 2.75) is 46.1 Å². The van der Waals surface area contributed by atoms with Gasteiger partial charge in [0.25, 0.3) is 10.2 Å². The Bertz CT molecular complexity index is 374. The third kappa shape index (κ3) is 7.56. The number of nitrogens with one attached hydrogen (secondary N) is 2. The molecule has 0 aromatic heterocycles. The Kier molecular flexibility index (Phi) is 8.73. The minimum Gasteiger partial charge on any atom is -0.377 e. The molecular weight excluding hydrogens is 290 g/mol. The van der Waals surface area contributed by atoms with E-state index in [-0.39, 0.29) is 6.10 Å². The minimum atomic E-state index is -3.37. The summed E-state index contributed by atoms with van der Waals surface area (Å²) in [6, 6.07) is 0. The van der Waals surface area contributed by atoms with Gasteiger partial charge in [0.05, 0.1) is 12.7 Å². The van der Waals surface area contributed by atoms with Crippen molar-refractivity contribution in [3.8, 4) is 0 Å². The van der Waals surface area contributed by atoms with Crippen molar-refractivity contribution in [2.24, 2.45) is 5.92 Å². The molecule has 0 aromatic carbocycles. The van der Waals surface area contributed by atoms with E-state index in [4.69, 9.17) is 4.74 Å². The van der Waals surface area contributed by atoms with Crippen molar-refractivity contribution in [3.63, 3.8) is 0 Å². The van der Waals surface area contributed by atoms with Gasteiger partial charge in [-0.3, -0.25) is 0 Å². The van der Waals surface area contributed by atoms with E-state index in [1.54, 1.807) is 4.31 Å². The van der Waals surface area contributed by atoms with Gasteiger partial charge in [0.15, 0.2) is 0 Å². The van der Waals surface area contributed by atoms with Crippen LogP contribution in [0.3, 0.4) is 0 Å². The van der Waals surface area contributed by atoms with Gasteiger partial charge in [-0.2, -0.15) is 17.4 Å². The van der Waals surface area contributed by atoms with Crippen LogP contribution in [-0.4, -0.2) is 58.2 Å². The molecule has 1 unspecified atom stereocenters. The van der Waals surface area contributed by atoms with Crippen LogP contribution >= 0.6 is 0 Å². The Hall–Kier alpha value is -0.210. The lowest BCUT2D eigenvalue weighted by Crippen LogP contribution is -2.48. The van der Waals surface area contributed by atoms with E-state index in [1.165, 1.54) is 0 Å². The van der Waals surface area contributed by atoms with Crippen LogP contribution in [0.2, 0.25) is 0 Å². The molecule has 21 heavy (non-hydrogen) atoms. The molecule has 0 bridgehead atoms. The predicted molar refractivity (Wildman–Crippen MR) is 85.5 cm³/mol. The van der Waals surface area contributed by atoms with Gasteiger partial charge >= 0.3 is 0 Å². The number of hydrogen-bond donors (Lipinski definition) is 2. The zero-order valence-corrected chi connectivity index (χ0v) is 14.4.